The molecule has 2 N–H and O–H groups in total. The van der Waals surface area contributed by atoms with E-state index < -0.39 is 23.4 Å². The molecular weight excluding hydrogens is 393 g/mol. The first-order valence-electron chi connectivity index (χ1n) is 8.23. The Hall–Kier alpha value is -1.99. The average Bonchev–Trinajstić information content (AvgIpc) is 2.44. The molecule has 0 bridgehead atoms. The number of guanidine groups is 1. The number of nitrogens with one attached hydrogen (secondary N) is 2. The van der Waals surface area contributed by atoms with Crippen LogP contribution in [0.2, 0.25) is 10.0 Å². The summed E-state index contributed by atoms with van der Waals surface area (Å²) in [7, 11) is 0. The number of ether oxygens (including phenoxy) is 2. The molecule has 0 unspecified atom stereocenters. The lowest BCUT2D eigenvalue weighted by Gasteiger charge is -2.22. The Morgan fingerprint density at radius 2 is 1.41 bits per heavy atom. The summed E-state index contributed by atoms with van der Waals surface area (Å²) in [6.07, 6.45) is -1.52. The zero-order chi connectivity index (χ0) is 20.8. The van der Waals surface area contributed by atoms with E-state index >= 15 is 0 Å². The maximum absolute atomic E-state index is 12.0. The Morgan fingerprint density at radius 3 is 1.81 bits per heavy atom. The Balaban J connectivity index is 2.92. The number of hydrogen-bond donors (Lipinski definition) is 2. The number of nitrogens with zero attached hydrogens (tertiary/aromatic N) is 1. The fraction of sp³-hybridized carbons (Fsp3) is 0.500. The number of aliphatic imine (C=N–C) groups is 1. The van der Waals surface area contributed by atoms with Gasteiger partial charge >= 0.3 is 12.2 Å². The van der Waals surface area contributed by atoms with Crippen LogP contribution in [0.5, 0.6) is 0 Å². The van der Waals surface area contributed by atoms with Gasteiger partial charge in [-0.15, -0.1) is 0 Å². The van der Waals surface area contributed by atoms with Crippen molar-refractivity contribution >= 4 is 41.3 Å². The molecule has 0 spiro atoms. The molecule has 1 rings (SSSR count). The van der Waals surface area contributed by atoms with Crippen molar-refractivity contribution in [3.63, 3.8) is 0 Å². The summed E-state index contributed by atoms with van der Waals surface area (Å²) >= 11 is 11.9. The Kier molecular flexibility index (Phi) is 7.92. The molecule has 0 saturated carbocycles. The van der Waals surface area contributed by atoms with Gasteiger partial charge in [-0.25, -0.2) is 14.6 Å². The van der Waals surface area contributed by atoms with Gasteiger partial charge in [0.05, 0.1) is 16.6 Å². The van der Waals surface area contributed by atoms with Gasteiger partial charge in [0.15, 0.2) is 0 Å². The second kappa shape index (κ2) is 9.28. The highest BCUT2D eigenvalue weighted by Crippen LogP contribution is 2.22. The molecule has 0 atom stereocenters. The quantitative estimate of drug-likeness (QED) is 0.528. The number of amides is 2. The van der Waals surface area contributed by atoms with E-state index in [1.807, 2.05) is 0 Å². The number of rotatable bonds is 2. The van der Waals surface area contributed by atoms with Gasteiger partial charge in [-0.3, -0.25) is 10.6 Å². The molecule has 0 aromatic heterocycles. The maximum Gasteiger partial charge on any atom is 0.414 e. The maximum atomic E-state index is 12.0. The van der Waals surface area contributed by atoms with Crippen LogP contribution in [-0.2, 0) is 16.0 Å². The Bertz CT molecular complexity index is 690. The van der Waals surface area contributed by atoms with E-state index in [0.717, 1.165) is 5.56 Å². The first-order valence-corrected chi connectivity index (χ1v) is 8.99. The minimum atomic E-state index is -0.758. The van der Waals surface area contributed by atoms with E-state index in [2.05, 4.69) is 15.6 Å². The average molecular weight is 418 g/mol. The molecule has 0 aliphatic heterocycles. The van der Waals surface area contributed by atoms with Gasteiger partial charge in [-0.05, 0) is 59.2 Å². The molecule has 0 aliphatic carbocycles. The first-order chi connectivity index (χ1) is 12.2. The highest BCUT2D eigenvalue weighted by molar-refractivity contribution is 6.42. The molecular formula is C18H25Cl2N3O4. The minimum Gasteiger partial charge on any atom is -0.444 e. The van der Waals surface area contributed by atoms with Crippen molar-refractivity contribution in [3.05, 3.63) is 33.8 Å². The molecule has 2 amide bonds. The molecule has 1 aromatic carbocycles. The lowest BCUT2D eigenvalue weighted by Crippen LogP contribution is -2.47. The van der Waals surface area contributed by atoms with Crippen LogP contribution in [0.15, 0.2) is 23.2 Å². The topological polar surface area (TPSA) is 89.0 Å². The van der Waals surface area contributed by atoms with Gasteiger partial charge in [0, 0.05) is 0 Å². The van der Waals surface area contributed by atoms with Gasteiger partial charge in [0.2, 0.25) is 5.96 Å². The monoisotopic (exact) mass is 417 g/mol. The molecule has 0 saturated heterocycles. The van der Waals surface area contributed by atoms with Gasteiger partial charge < -0.3 is 9.47 Å². The number of carbonyl (C=O) groups excluding carboxylic acids is 2. The molecule has 150 valence electrons. The highest BCUT2D eigenvalue weighted by Gasteiger charge is 2.21. The second-order valence-corrected chi connectivity index (χ2v) is 8.48. The van der Waals surface area contributed by atoms with Crippen LogP contribution in [0.1, 0.15) is 47.1 Å². The van der Waals surface area contributed by atoms with Gasteiger partial charge in [0.25, 0.3) is 0 Å². The van der Waals surface area contributed by atoms with Crippen LogP contribution >= 0.6 is 23.2 Å². The summed E-state index contributed by atoms with van der Waals surface area (Å²) < 4.78 is 10.4. The zero-order valence-corrected chi connectivity index (χ0v) is 17.8. The van der Waals surface area contributed by atoms with Crippen molar-refractivity contribution in [3.8, 4) is 0 Å². The van der Waals surface area contributed by atoms with Gasteiger partial charge in [0.1, 0.15) is 11.2 Å². The fourth-order valence-electron chi connectivity index (χ4n) is 1.72. The SMILES string of the molecule is CC(C)(C)OC(=O)NC(=NCc1ccc(Cl)c(Cl)c1)NC(=O)OC(C)(C)C. The lowest BCUT2D eigenvalue weighted by molar-refractivity contribution is 0.0545. The van der Waals surface area contributed by atoms with Gasteiger partial charge in [-0.2, -0.15) is 0 Å². The molecule has 7 nitrogen and oxygen atoms in total. The highest BCUT2D eigenvalue weighted by atomic mass is 35.5. The smallest absolute Gasteiger partial charge is 0.414 e. The van der Waals surface area contributed by atoms with Crippen LogP contribution in [0, 0.1) is 0 Å². The second-order valence-electron chi connectivity index (χ2n) is 7.67. The number of carbonyl (C=O) groups is 2. The Labute approximate surface area is 169 Å². The van der Waals surface area contributed by atoms with E-state index in [1.54, 1.807) is 59.7 Å². The van der Waals surface area contributed by atoms with Crippen molar-refractivity contribution in [2.24, 2.45) is 4.99 Å². The normalized spacial score (nSPS) is 11.4. The van der Waals surface area contributed by atoms with Crippen LogP contribution in [-0.4, -0.2) is 29.3 Å². The lowest BCUT2D eigenvalue weighted by atomic mass is 10.2. The molecule has 0 radical (unpaired) electrons. The van der Waals surface area contributed by atoms with E-state index in [9.17, 15) is 9.59 Å². The number of alkyl carbamates (subject to hydrolysis) is 2. The van der Waals surface area contributed by atoms with Crippen molar-refractivity contribution in [1.82, 2.24) is 10.6 Å². The third-order valence-electron chi connectivity index (χ3n) is 2.64. The van der Waals surface area contributed by atoms with Crippen molar-refractivity contribution in [2.45, 2.75) is 59.3 Å². The van der Waals surface area contributed by atoms with Crippen molar-refractivity contribution in [2.75, 3.05) is 0 Å². The molecule has 27 heavy (non-hydrogen) atoms. The number of hydrogen-bond acceptors (Lipinski definition) is 5. The molecule has 0 fully saturated rings. The number of halogens is 2. The molecule has 9 heteroatoms. The summed E-state index contributed by atoms with van der Waals surface area (Å²) in [5.74, 6) is -0.107. The standard InChI is InChI=1S/C18H25Cl2N3O4/c1-17(2,3)26-15(24)22-14(23-16(25)27-18(4,5)6)21-10-11-7-8-12(19)13(20)9-11/h7-9H,10H2,1-6H3,(H2,21,22,23,24,25). The number of benzene rings is 1. The van der Waals surface area contributed by atoms with Crippen LogP contribution in [0.3, 0.4) is 0 Å². The summed E-state index contributed by atoms with van der Waals surface area (Å²) in [4.78, 5) is 28.2. The van der Waals surface area contributed by atoms with Crippen molar-refractivity contribution in [1.29, 1.82) is 0 Å². The fourth-order valence-corrected chi connectivity index (χ4v) is 2.04. The van der Waals surface area contributed by atoms with E-state index in [1.165, 1.54) is 0 Å². The van der Waals surface area contributed by atoms with Crippen LogP contribution in [0.25, 0.3) is 0 Å². The van der Waals surface area contributed by atoms with E-state index in [4.69, 9.17) is 32.7 Å². The summed E-state index contributed by atoms with van der Waals surface area (Å²) in [6.45, 7) is 10.5. The third-order valence-corrected chi connectivity index (χ3v) is 3.38. The summed E-state index contributed by atoms with van der Waals surface area (Å²) in [5, 5.41) is 5.61. The zero-order valence-electron chi connectivity index (χ0n) is 16.3. The first kappa shape index (κ1) is 23.0. The minimum absolute atomic E-state index is 0.107. The largest absolute Gasteiger partial charge is 0.444 e. The third kappa shape index (κ3) is 10.1. The Morgan fingerprint density at radius 1 is 0.926 bits per heavy atom. The van der Waals surface area contributed by atoms with Crippen LogP contribution < -0.4 is 10.6 Å². The van der Waals surface area contributed by atoms with Crippen molar-refractivity contribution < 1.29 is 19.1 Å². The van der Waals surface area contributed by atoms with Gasteiger partial charge in [-0.1, -0.05) is 29.3 Å². The van der Waals surface area contributed by atoms with E-state index in [-0.39, 0.29) is 12.5 Å². The predicted molar refractivity (Wildman–Crippen MR) is 106 cm³/mol. The van der Waals surface area contributed by atoms with E-state index in [0.29, 0.717) is 10.0 Å². The summed E-state index contributed by atoms with van der Waals surface area (Å²) in [6, 6.07) is 5.01. The molecule has 0 heterocycles. The van der Waals surface area contributed by atoms with Crippen LogP contribution in [0.4, 0.5) is 9.59 Å². The summed E-state index contributed by atoms with van der Waals surface area (Å²) in [5.41, 5.74) is -0.672. The molecule has 1 aromatic rings. The molecule has 0 aliphatic rings. The predicted octanol–water partition coefficient (Wildman–Crippen LogP) is 4.90.